The molecule has 0 radical (unpaired) electrons. The van der Waals surface area contributed by atoms with Crippen molar-refractivity contribution in [3.63, 3.8) is 0 Å². The van der Waals surface area contributed by atoms with Crippen molar-refractivity contribution in [3.05, 3.63) is 48.6 Å². The third-order valence-electron chi connectivity index (χ3n) is 3.45. The normalized spacial score (nSPS) is 12.6. The zero-order valence-corrected chi connectivity index (χ0v) is 15.8. The summed E-state index contributed by atoms with van der Waals surface area (Å²) in [6.45, 7) is 10.8. The fourth-order valence-corrected chi connectivity index (χ4v) is 5.45. The van der Waals surface area contributed by atoms with Gasteiger partial charge in [-0.1, -0.05) is 36.9 Å². The number of esters is 1. The summed E-state index contributed by atoms with van der Waals surface area (Å²) in [5, 5.41) is 0. The first-order chi connectivity index (χ1) is 11.6. The molecule has 1 unspecified atom stereocenters. The lowest BCUT2D eigenvalue weighted by Gasteiger charge is -2.35. The summed E-state index contributed by atoms with van der Waals surface area (Å²) in [6.07, 6.45) is 1.81. The number of benzene rings is 1. The monoisotopic (exact) mass is 352 g/mol. The number of carbonyl (C=O) groups is 1. The van der Waals surface area contributed by atoms with Crippen LogP contribution < -0.4 is 0 Å². The van der Waals surface area contributed by atoms with Crippen LogP contribution in [0, 0.1) is 0 Å². The first kappa shape index (κ1) is 20.6. The number of rotatable bonds is 12. The predicted molar refractivity (Wildman–Crippen MR) is 95.7 cm³/mol. The van der Waals surface area contributed by atoms with Crippen LogP contribution in [0.4, 0.5) is 0 Å². The van der Waals surface area contributed by atoms with Crippen LogP contribution in [0.3, 0.4) is 0 Å². The molecule has 1 aromatic rings. The summed E-state index contributed by atoms with van der Waals surface area (Å²) in [6, 6.07) is 9.99. The molecule has 0 saturated carbocycles. The van der Waals surface area contributed by atoms with Gasteiger partial charge in [-0.05, 0) is 32.8 Å². The SMILES string of the molecule is C=CC(=O)OCC(Cc1ccccc1)[Si](OCC)(OCC)OCC. The van der Waals surface area contributed by atoms with Gasteiger partial charge in [-0.2, -0.15) is 0 Å². The molecule has 0 fully saturated rings. The van der Waals surface area contributed by atoms with E-state index in [1.807, 2.05) is 51.1 Å². The molecule has 134 valence electrons. The second-order valence-corrected chi connectivity index (χ2v) is 8.01. The number of hydrogen-bond donors (Lipinski definition) is 0. The molecule has 1 rings (SSSR count). The molecule has 1 aromatic carbocycles. The molecule has 0 aromatic heterocycles. The topological polar surface area (TPSA) is 54.0 Å². The molecule has 0 heterocycles. The molecule has 0 amide bonds. The first-order valence-corrected chi connectivity index (χ1v) is 10.2. The van der Waals surface area contributed by atoms with Gasteiger partial charge in [0.1, 0.15) is 0 Å². The third kappa shape index (κ3) is 6.20. The van der Waals surface area contributed by atoms with Gasteiger partial charge in [0.15, 0.2) is 0 Å². The number of hydrogen-bond acceptors (Lipinski definition) is 5. The Balaban J connectivity index is 3.07. The van der Waals surface area contributed by atoms with Crippen LogP contribution in [0.25, 0.3) is 0 Å². The van der Waals surface area contributed by atoms with Gasteiger partial charge in [-0.25, -0.2) is 4.79 Å². The van der Waals surface area contributed by atoms with Gasteiger partial charge in [0.2, 0.25) is 0 Å². The molecule has 5 nitrogen and oxygen atoms in total. The molecule has 24 heavy (non-hydrogen) atoms. The Kier molecular flexibility index (Phi) is 9.55. The second kappa shape index (κ2) is 11.1. The van der Waals surface area contributed by atoms with Crippen molar-refractivity contribution in [2.45, 2.75) is 32.7 Å². The average Bonchev–Trinajstić information content (AvgIpc) is 2.59. The smallest absolute Gasteiger partial charge is 0.462 e. The highest BCUT2D eigenvalue weighted by Gasteiger charge is 2.49. The van der Waals surface area contributed by atoms with Gasteiger partial charge in [0.25, 0.3) is 0 Å². The quantitative estimate of drug-likeness (QED) is 0.328. The van der Waals surface area contributed by atoms with Gasteiger partial charge in [0.05, 0.1) is 12.1 Å². The fourth-order valence-electron chi connectivity index (χ4n) is 2.51. The summed E-state index contributed by atoms with van der Waals surface area (Å²) in [5.41, 5.74) is 0.941. The molecule has 0 aliphatic heterocycles. The van der Waals surface area contributed by atoms with Crippen LogP contribution in [-0.4, -0.2) is 41.2 Å². The van der Waals surface area contributed by atoms with Crippen LogP contribution in [0.2, 0.25) is 5.54 Å². The minimum Gasteiger partial charge on any atom is -0.462 e. The summed E-state index contributed by atoms with van der Waals surface area (Å²) in [4.78, 5) is 11.5. The number of carbonyl (C=O) groups excluding carboxylic acids is 1. The Labute approximate surface area is 145 Å². The van der Waals surface area contributed by atoms with E-state index in [1.54, 1.807) is 0 Å². The van der Waals surface area contributed by atoms with Crippen molar-refractivity contribution >= 4 is 14.8 Å². The van der Waals surface area contributed by atoms with Gasteiger partial charge >= 0.3 is 14.8 Å². The van der Waals surface area contributed by atoms with Gasteiger partial charge in [-0.15, -0.1) is 0 Å². The lowest BCUT2D eigenvalue weighted by Crippen LogP contribution is -2.52. The van der Waals surface area contributed by atoms with E-state index < -0.39 is 14.8 Å². The molecule has 0 N–H and O–H groups in total. The molecule has 0 spiro atoms. The summed E-state index contributed by atoms with van der Waals surface area (Å²) in [7, 11) is -3.00. The second-order valence-electron chi connectivity index (χ2n) is 5.12. The van der Waals surface area contributed by atoms with E-state index in [0.717, 1.165) is 11.6 Å². The highest BCUT2D eigenvalue weighted by atomic mass is 28.4. The van der Waals surface area contributed by atoms with Crippen molar-refractivity contribution in [2.75, 3.05) is 26.4 Å². The molecule has 6 heteroatoms. The van der Waals surface area contributed by atoms with Crippen molar-refractivity contribution in [1.29, 1.82) is 0 Å². The van der Waals surface area contributed by atoms with Crippen LogP contribution in [0.5, 0.6) is 0 Å². The maximum atomic E-state index is 11.5. The molecule has 0 aliphatic carbocycles. The summed E-state index contributed by atoms with van der Waals surface area (Å²) >= 11 is 0. The number of ether oxygens (including phenoxy) is 1. The Morgan fingerprint density at radius 1 is 1.08 bits per heavy atom. The summed E-state index contributed by atoms with van der Waals surface area (Å²) in [5.74, 6) is -0.458. The summed E-state index contributed by atoms with van der Waals surface area (Å²) < 4.78 is 23.3. The van der Waals surface area contributed by atoms with Gasteiger partial charge in [-0.3, -0.25) is 0 Å². The highest BCUT2D eigenvalue weighted by molar-refractivity contribution is 6.62. The van der Waals surface area contributed by atoms with E-state index in [-0.39, 0.29) is 12.1 Å². The standard InChI is InChI=1S/C18H28O5Si/c1-5-18(19)20-15-17(14-16-12-10-9-11-13-16)24(21-6-2,22-7-3)23-8-4/h5,9-13,17H,1,6-8,14-15H2,2-4H3. The lowest BCUT2D eigenvalue weighted by atomic mass is 10.1. The van der Waals surface area contributed by atoms with Crippen molar-refractivity contribution < 1.29 is 22.8 Å². The van der Waals surface area contributed by atoms with E-state index in [2.05, 4.69) is 6.58 Å². The van der Waals surface area contributed by atoms with Crippen LogP contribution in [0.15, 0.2) is 43.0 Å². The minimum absolute atomic E-state index is 0.173. The zero-order chi connectivity index (χ0) is 17.8. The van der Waals surface area contributed by atoms with Crippen molar-refractivity contribution in [2.24, 2.45) is 0 Å². The van der Waals surface area contributed by atoms with E-state index >= 15 is 0 Å². The van der Waals surface area contributed by atoms with Crippen LogP contribution >= 0.6 is 0 Å². The molecular weight excluding hydrogens is 324 g/mol. The Morgan fingerprint density at radius 2 is 1.62 bits per heavy atom. The van der Waals surface area contributed by atoms with E-state index in [9.17, 15) is 4.79 Å². The molecule has 0 aliphatic rings. The van der Waals surface area contributed by atoms with E-state index in [4.69, 9.17) is 18.0 Å². The van der Waals surface area contributed by atoms with Crippen molar-refractivity contribution in [3.8, 4) is 0 Å². The lowest BCUT2D eigenvalue weighted by molar-refractivity contribution is -0.138. The van der Waals surface area contributed by atoms with Gasteiger partial charge in [0, 0.05) is 25.9 Å². The largest absolute Gasteiger partial charge is 0.508 e. The Morgan fingerprint density at radius 3 is 2.08 bits per heavy atom. The fraction of sp³-hybridized carbons (Fsp3) is 0.500. The van der Waals surface area contributed by atoms with Crippen LogP contribution in [-0.2, 0) is 29.2 Å². The molecule has 0 bridgehead atoms. The van der Waals surface area contributed by atoms with E-state index in [0.29, 0.717) is 26.2 Å². The zero-order valence-electron chi connectivity index (χ0n) is 14.8. The Bertz CT molecular complexity index is 474. The Hall–Kier alpha value is -1.47. The maximum Gasteiger partial charge on any atom is 0.508 e. The minimum atomic E-state index is -3.00. The van der Waals surface area contributed by atoms with Crippen molar-refractivity contribution in [1.82, 2.24) is 0 Å². The van der Waals surface area contributed by atoms with E-state index in [1.165, 1.54) is 0 Å². The van der Waals surface area contributed by atoms with Gasteiger partial charge < -0.3 is 18.0 Å². The molecule has 0 saturated heterocycles. The maximum absolute atomic E-state index is 11.5. The first-order valence-electron chi connectivity index (χ1n) is 8.36. The predicted octanol–water partition coefficient (Wildman–Crippen LogP) is 3.38. The molecule has 1 atom stereocenters. The third-order valence-corrected chi connectivity index (χ3v) is 6.90. The molecular formula is C18H28O5Si. The highest BCUT2D eigenvalue weighted by Crippen LogP contribution is 2.30. The average molecular weight is 353 g/mol. The van der Waals surface area contributed by atoms with Crippen LogP contribution in [0.1, 0.15) is 26.3 Å².